The van der Waals surface area contributed by atoms with Crippen LogP contribution in [0.3, 0.4) is 0 Å². The first kappa shape index (κ1) is 23.3. The number of hydrogen-bond donors (Lipinski definition) is 3. The molecule has 3 N–H and O–H groups in total. The normalized spacial score (nSPS) is 14.7. The molecule has 158 valence electrons. The van der Waals surface area contributed by atoms with Gasteiger partial charge in [0.15, 0.2) is 17.5 Å². The molecule has 0 atom stereocenters. The van der Waals surface area contributed by atoms with E-state index in [-0.39, 0.29) is 41.0 Å². The van der Waals surface area contributed by atoms with Crippen LogP contribution in [0.5, 0.6) is 11.5 Å². The van der Waals surface area contributed by atoms with Crippen LogP contribution in [0.15, 0.2) is 47.5 Å². The number of halogens is 2. The van der Waals surface area contributed by atoms with E-state index in [4.69, 9.17) is 9.73 Å². The Morgan fingerprint density at radius 3 is 2.66 bits per heavy atom. The van der Waals surface area contributed by atoms with Crippen LogP contribution in [0.25, 0.3) is 0 Å². The van der Waals surface area contributed by atoms with Crippen molar-refractivity contribution in [2.45, 2.75) is 31.6 Å². The lowest BCUT2D eigenvalue weighted by Gasteiger charge is -2.16. The van der Waals surface area contributed by atoms with Gasteiger partial charge in [0.05, 0.1) is 13.7 Å². The standard InChI is InChI=1S/C22H28FN3O2.HI/c1-3-24-21(25-12-9-16-7-8-19(27)20(13-16)28-2)26-15-22(10-11-22)17-5-4-6-18(23)14-17;/h4-8,13-14,27H,3,9-12,15H2,1-2H3,(H2,24,25,26);1H. The summed E-state index contributed by atoms with van der Waals surface area (Å²) in [6.45, 7) is 4.14. The molecule has 0 bridgehead atoms. The van der Waals surface area contributed by atoms with Gasteiger partial charge in [0, 0.05) is 18.5 Å². The average Bonchev–Trinajstić information content (AvgIpc) is 3.48. The number of nitrogens with zero attached hydrogens (tertiary/aromatic N) is 1. The number of aromatic hydroxyl groups is 1. The van der Waals surface area contributed by atoms with Crippen molar-refractivity contribution in [3.8, 4) is 11.5 Å². The van der Waals surface area contributed by atoms with Gasteiger partial charge in [-0.2, -0.15) is 0 Å². The zero-order valence-electron chi connectivity index (χ0n) is 16.9. The summed E-state index contributed by atoms with van der Waals surface area (Å²) >= 11 is 0. The van der Waals surface area contributed by atoms with Gasteiger partial charge < -0.3 is 20.5 Å². The van der Waals surface area contributed by atoms with E-state index in [9.17, 15) is 9.50 Å². The van der Waals surface area contributed by atoms with Gasteiger partial charge >= 0.3 is 0 Å². The summed E-state index contributed by atoms with van der Waals surface area (Å²) in [6, 6.07) is 12.2. The van der Waals surface area contributed by atoms with Crippen LogP contribution in [0.2, 0.25) is 0 Å². The minimum atomic E-state index is -0.192. The number of hydrogen-bond acceptors (Lipinski definition) is 3. The maximum atomic E-state index is 13.6. The zero-order chi connectivity index (χ0) is 20.0. The second kappa shape index (κ2) is 10.7. The van der Waals surface area contributed by atoms with Crippen LogP contribution < -0.4 is 15.4 Å². The molecular formula is C22H29FIN3O2. The number of rotatable bonds is 8. The maximum Gasteiger partial charge on any atom is 0.191 e. The second-order valence-electron chi connectivity index (χ2n) is 7.17. The van der Waals surface area contributed by atoms with Crippen LogP contribution in [0.1, 0.15) is 30.9 Å². The first-order chi connectivity index (χ1) is 13.6. The Kier molecular flexibility index (Phi) is 8.55. The molecule has 0 aromatic heterocycles. The van der Waals surface area contributed by atoms with E-state index < -0.39 is 0 Å². The first-order valence-electron chi connectivity index (χ1n) is 9.70. The lowest BCUT2D eigenvalue weighted by Crippen LogP contribution is -2.39. The van der Waals surface area contributed by atoms with E-state index in [1.165, 1.54) is 6.07 Å². The van der Waals surface area contributed by atoms with Gasteiger partial charge in [-0.05, 0) is 61.6 Å². The molecule has 2 aromatic rings. The molecule has 2 aromatic carbocycles. The van der Waals surface area contributed by atoms with Crippen molar-refractivity contribution < 1.29 is 14.2 Å². The van der Waals surface area contributed by atoms with E-state index in [0.717, 1.165) is 42.9 Å². The highest BCUT2D eigenvalue weighted by Crippen LogP contribution is 2.48. The molecule has 0 saturated heterocycles. The van der Waals surface area contributed by atoms with E-state index in [2.05, 4.69) is 10.6 Å². The molecule has 0 spiro atoms. The Labute approximate surface area is 188 Å². The van der Waals surface area contributed by atoms with Crippen molar-refractivity contribution in [3.63, 3.8) is 0 Å². The fourth-order valence-corrected chi connectivity index (χ4v) is 3.28. The van der Waals surface area contributed by atoms with E-state index in [1.807, 2.05) is 25.1 Å². The predicted octanol–water partition coefficient (Wildman–Crippen LogP) is 3.99. The second-order valence-corrected chi connectivity index (χ2v) is 7.17. The summed E-state index contributed by atoms with van der Waals surface area (Å²) in [6.07, 6.45) is 2.84. The molecule has 7 heteroatoms. The molecule has 0 amide bonds. The summed E-state index contributed by atoms with van der Waals surface area (Å²) in [7, 11) is 1.54. The molecule has 1 aliphatic rings. The number of ether oxygens (including phenoxy) is 1. The number of methoxy groups -OCH3 is 1. The third-order valence-electron chi connectivity index (χ3n) is 5.12. The maximum absolute atomic E-state index is 13.6. The van der Waals surface area contributed by atoms with Crippen molar-refractivity contribution in [2.75, 3.05) is 26.7 Å². The SMILES string of the molecule is CCNC(=NCC1(c2cccc(F)c2)CC1)NCCc1ccc(O)c(OC)c1.I. The van der Waals surface area contributed by atoms with E-state index in [0.29, 0.717) is 18.8 Å². The molecule has 5 nitrogen and oxygen atoms in total. The molecule has 29 heavy (non-hydrogen) atoms. The highest BCUT2D eigenvalue weighted by atomic mass is 127. The molecule has 0 aliphatic heterocycles. The smallest absolute Gasteiger partial charge is 0.191 e. The van der Waals surface area contributed by atoms with Crippen molar-refractivity contribution in [1.82, 2.24) is 10.6 Å². The number of aliphatic imine (C=N–C) groups is 1. The number of benzene rings is 2. The minimum absolute atomic E-state index is 0. The number of phenolic OH excluding ortho intramolecular Hbond substituents is 1. The largest absolute Gasteiger partial charge is 0.504 e. The van der Waals surface area contributed by atoms with Gasteiger partial charge in [0.25, 0.3) is 0 Å². The van der Waals surface area contributed by atoms with Crippen molar-refractivity contribution >= 4 is 29.9 Å². The monoisotopic (exact) mass is 513 g/mol. The lowest BCUT2D eigenvalue weighted by molar-refractivity contribution is 0.373. The van der Waals surface area contributed by atoms with Crippen molar-refractivity contribution in [3.05, 3.63) is 59.4 Å². The van der Waals surface area contributed by atoms with Gasteiger partial charge in [-0.1, -0.05) is 18.2 Å². The summed E-state index contributed by atoms with van der Waals surface area (Å²) < 4.78 is 18.7. The summed E-state index contributed by atoms with van der Waals surface area (Å²) in [5.74, 6) is 1.18. The third-order valence-corrected chi connectivity index (χ3v) is 5.12. The molecular weight excluding hydrogens is 484 g/mol. The van der Waals surface area contributed by atoms with Crippen LogP contribution >= 0.6 is 24.0 Å². The molecule has 0 radical (unpaired) electrons. The zero-order valence-corrected chi connectivity index (χ0v) is 19.2. The van der Waals surface area contributed by atoms with Gasteiger partial charge in [-0.25, -0.2) is 4.39 Å². The quantitative estimate of drug-likeness (QED) is 0.284. The van der Waals surface area contributed by atoms with E-state index in [1.54, 1.807) is 25.3 Å². The highest BCUT2D eigenvalue weighted by molar-refractivity contribution is 14.0. The molecule has 1 fully saturated rings. The Morgan fingerprint density at radius 2 is 2.00 bits per heavy atom. The Balaban J connectivity index is 0.00000300. The van der Waals surface area contributed by atoms with E-state index >= 15 is 0 Å². The fourth-order valence-electron chi connectivity index (χ4n) is 3.28. The molecule has 0 unspecified atom stereocenters. The highest BCUT2D eigenvalue weighted by Gasteiger charge is 2.44. The number of phenols is 1. The minimum Gasteiger partial charge on any atom is -0.504 e. The Hall–Kier alpha value is -2.03. The van der Waals surface area contributed by atoms with Gasteiger partial charge in [0.1, 0.15) is 5.82 Å². The molecule has 3 rings (SSSR count). The van der Waals surface area contributed by atoms with Crippen LogP contribution in [0.4, 0.5) is 4.39 Å². The average molecular weight is 513 g/mol. The third kappa shape index (κ3) is 6.22. The lowest BCUT2D eigenvalue weighted by atomic mass is 9.96. The molecule has 0 heterocycles. The number of guanidine groups is 1. The number of nitrogens with one attached hydrogen (secondary N) is 2. The summed E-state index contributed by atoms with van der Waals surface area (Å²) in [5.41, 5.74) is 2.06. The predicted molar refractivity (Wildman–Crippen MR) is 125 cm³/mol. The topological polar surface area (TPSA) is 65.9 Å². The Morgan fingerprint density at radius 1 is 1.21 bits per heavy atom. The Bertz CT molecular complexity index is 841. The van der Waals surface area contributed by atoms with Gasteiger partial charge in [-0.3, -0.25) is 4.99 Å². The van der Waals surface area contributed by atoms with Gasteiger partial charge in [-0.15, -0.1) is 24.0 Å². The van der Waals surface area contributed by atoms with Crippen LogP contribution in [0, 0.1) is 5.82 Å². The summed E-state index contributed by atoms with van der Waals surface area (Å²) in [4.78, 5) is 4.74. The van der Waals surface area contributed by atoms with Crippen LogP contribution in [-0.4, -0.2) is 37.8 Å². The van der Waals surface area contributed by atoms with Crippen molar-refractivity contribution in [2.24, 2.45) is 4.99 Å². The van der Waals surface area contributed by atoms with Crippen LogP contribution in [-0.2, 0) is 11.8 Å². The molecule has 1 aliphatic carbocycles. The fraction of sp³-hybridized carbons (Fsp3) is 0.409. The van der Waals surface area contributed by atoms with Gasteiger partial charge in [0.2, 0.25) is 0 Å². The summed E-state index contributed by atoms with van der Waals surface area (Å²) in [5, 5.41) is 16.3. The van der Waals surface area contributed by atoms with Crippen molar-refractivity contribution in [1.29, 1.82) is 0 Å². The first-order valence-corrected chi connectivity index (χ1v) is 9.70. The molecule has 1 saturated carbocycles.